The summed E-state index contributed by atoms with van der Waals surface area (Å²) in [7, 11) is -3.63. The molecular weight excluding hydrogens is 376 g/mol. The van der Waals surface area contributed by atoms with Crippen molar-refractivity contribution < 1.29 is 13.2 Å². The maximum absolute atomic E-state index is 12.3. The fraction of sp³-hybridized carbons (Fsp3) is 0.176. The van der Waals surface area contributed by atoms with Gasteiger partial charge in [0.15, 0.2) is 5.78 Å². The summed E-state index contributed by atoms with van der Waals surface area (Å²) < 4.78 is 28.0. The van der Waals surface area contributed by atoms with Crippen molar-refractivity contribution in [2.24, 2.45) is 4.99 Å². The molecule has 0 saturated heterocycles. The summed E-state index contributed by atoms with van der Waals surface area (Å²) in [5.74, 6) is 1.31. The molecule has 0 aliphatic carbocycles. The van der Waals surface area contributed by atoms with Crippen molar-refractivity contribution >= 4 is 49.4 Å². The zero-order valence-corrected chi connectivity index (χ0v) is 15.7. The Kier molecular flexibility index (Phi) is 5.82. The number of Topliss-reactive ketones (excluding diaryl/α,β-unsaturated/α-hetero) is 1. The molecule has 2 aromatic rings. The van der Waals surface area contributed by atoms with Gasteiger partial charge in [0.25, 0.3) is 10.0 Å². The third kappa shape index (κ3) is 4.87. The molecule has 5 nitrogen and oxygen atoms in total. The van der Waals surface area contributed by atoms with E-state index in [1.807, 2.05) is 0 Å². The molecule has 130 valence electrons. The summed E-state index contributed by atoms with van der Waals surface area (Å²) in [5, 5.41) is 0. The van der Waals surface area contributed by atoms with Gasteiger partial charge in [-0.05, 0) is 36.4 Å². The number of nitrogens with one attached hydrogen (secondary N) is 1. The van der Waals surface area contributed by atoms with E-state index in [9.17, 15) is 13.2 Å². The quantitative estimate of drug-likeness (QED) is 0.762. The van der Waals surface area contributed by atoms with Gasteiger partial charge < -0.3 is 0 Å². The second-order valence-electron chi connectivity index (χ2n) is 5.20. The van der Waals surface area contributed by atoms with E-state index in [1.165, 1.54) is 23.9 Å². The van der Waals surface area contributed by atoms with Crippen molar-refractivity contribution in [2.45, 2.75) is 4.90 Å². The fourth-order valence-corrected chi connectivity index (χ4v) is 5.13. The zero-order chi connectivity index (χ0) is 17.7. The van der Waals surface area contributed by atoms with Gasteiger partial charge in [0, 0.05) is 17.0 Å². The second-order valence-corrected chi connectivity index (χ2v) is 9.19. The molecule has 0 radical (unpaired) electrons. The van der Waals surface area contributed by atoms with Gasteiger partial charge in [-0.1, -0.05) is 41.7 Å². The van der Waals surface area contributed by atoms with E-state index in [2.05, 4.69) is 9.71 Å². The Morgan fingerprint density at radius 1 is 1.12 bits per heavy atom. The lowest BCUT2D eigenvalue weighted by molar-refractivity contribution is 0.102. The van der Waals surface area contributed by atoms with Crippen molar-refractivity contribution in [2.75, 3.05) is 22.8 Å². The highest BCUT2D eigenvalue weighted by atomic mass is 32.2. The van der Waals surface area contributed by atoms with Crippen LogP contribution in [0.5, 0.6) is 0 Å². The van der Waals surface area contributed by atoms with Crippen LogP contribution in [-0.2, 0) is 10.0 Å². The Labute approximate surface area is 155 Å². The van der Waals surface area contributed by atoms with Crippen LogP contribution in [0.25, 0.3) is 0 Å². The van der Waals surface area contributed by atoms with Gasteiger partial charge in [-0.25, -0.2) is 8.42 Å². The number of hydrogen-bond donors (Lipinski definition) is 1. The second kappa shape index (κ2) is 8.07. The lowest BCUT2D eigenvalue weighted by Crippen LogP contribution is -2.13. The first-order valence-electron chi connectivity index (χ1n) is 7.56. The highest BCUT2D eigenvalue weighted by molar-refractivity contribution is 8.39. The Bertz CT molecular complexity index is 879. The monoisotopic (exact) mass is 392 g/mol. The predicted molar refractivity (Wildman–Crippen MR) is 105 cm³/mol. The van der Waals surface area contributed by atoms with Gasteiger partial charge in [-0.15, -0.1) is 0 Å². The number of rotatable bonds is 6. The summed E-state index contributed by atoms with van der Waals surface area (Å²) in [4.78, 5) is 16.7. The summed E-state index contributed by atoms with van der Waals surface area (Å²) in [6.07, 6.45) is 0. The third-order valence-electron chi connectivity index (χ3n) is 3.40. The van der Waals surface area contributed by atoms with Gasteiger partial charge in [0.1, 0.15) is 4.38 Å². The molecule has 1 heterocycles. The number of ketones is 1. The molecule has 1 N–H and O–H groups in total. The smallest absolute Gasteiger partial charge is 0.261 e. The van der Waals surface area contributed by atoms with Gasteiger partial charge in [0.2, 0.25) is 0 Å². The molecule has 0 amide bonds. The zero-order valence-electron chi connectivity index (χ0n) is 13.2. The summed E-state index contributed by atoms with van der Waals surface area (Å²) >= 11 is 3.12. The highest BCUT2D eigenvalue weighted by Crippen LogP contribution is 2.23. The van der Waals surface area contributed by atoms with Crippen molar-refractivity contribution in [3.63, 3.8) is 0 Å². The number of carbonyl (C=O) groups is 1. The van der Waals surface area contributed by atoms with Crippen LogP contribution in [0.2, 0.25) is 0 Å². The van der Waals surface area contributed by atoms with Crippen LogP contribution in [0.1, 0.15) is 10.4 Å². The van der Waals surface area contributed by atoms with Crippen molar-refractivity contribution in [1.82, 2.24) is 0 Å². The van der Waals surface area contributed by atoms with Crippen LogP contribution < -0.4 is 4.72 Å². The largest absolute Gasteiger partial charge is 0.293 e. The summed E-state index contributed by atoms with van der Waals surface area (Å²) in [6.45, 7) is 0.817. The number of nitrogens with zero attached hydrogens (tertiary/aromatic N) is 1. The van der Waals surface area contributed by atoms with Crippen LogP contribution in [0, 0.1) is 0 Å². The molecule has 0 saturated carbocycles. The van der Waals surface area contributed by atoms with Gasteiger partial charge >= 0.3 is 0 Å². The van der Waals surface area contributed by atoms with E-state index >= 15 is 0 Å². The number of benzene rings is 2. The van der Waals surface area contributed by atoms with E-state index in [0.29, 0.717) is 17.0 Å². The normalized spacial score (nSPS) is 14.2. The van der Waals surface area contributed by atoms with Gasteiger partial charge in [-0.2, -0.15) is 0 Å². The predicted octanol–water partition coefficient (Wildman–Crippen LogP) is 3.51. The summed E-state index contributed by atoms with van der Waals surface area (Å²) in [6, 6.07) is 14.6. The molecule has 0 bridgehead atoms. The molecular formula is C17H16N2O3S3. The molecule has 0 aromatic heterocycles. The van der Waals surface area contributed by atoms with Gasteiger partial charge in [0.05, 0.1) is 17.2 Å². The van der Waals surface area contributed by atoms with Gasteiger partial charge in [-0.3, -0.25) is 14.5 Å². The topological polar surface area (TPSA) is 75.6 Å². The average molecular weight is 393 g/mol. The van der Waals surface area contributed by atoms with Crippen molar-refractivity contribution in [1.29, 1.82) is 0 Å². The molecule has 1 aliphatic rings. The van der Waals surface area contributed by atoms with E-state index in [4.69, 9.17) is 0 Å². The molecule has 3 rings (SSSR count). The lowest BCUT2D eigenvalue weighted by Gasteiger charge is -2.08. The van der Waals surface area contributed by atoms with E-state index in [-0.39, 0.29) is 10.7 Å². The number of aliphatic imine (C=N–C) groups is 1. The molecule has 2 aromatic carbocycles. The highest BCUT2D eigenvalue weighted by Gasteiger charge is 2.15. The number of anilines is 1. The maximum Gasteiger partial charge on any atom is 0.261 e. The Morgan fingerprint density at radius 3 is 2.48 bits per heavy atom. The van der Waals surface area contributed by atoms with Crippen LogP contribution in [0.3, 0.4) is 0 Å². The lowest BCUT2D eigenvalue weighted by atomic mass is 10.1. The first-order chi connectivity index (χ1) is 12.0. The molecule has 0 spiro atoms. The maximum atomic E-state index is 12.3. The van der Waals surface area contributed by atoms with Crippen molar-refractivity contribution in [3.05, 3.63) is 60.2 Å². The van der Waals surface area contributed by atoms with Crippen LogP contribution >= 0.6 is 23.5 Å². The first kappa shape index (κ1) is 18.0. The van der Waals surface area contributed by atoms with E-state index in [0.717, 1.165) is 16.7 Å². The van der Waals surface area contributed by atoms with Crippen molar-refractivity contribution in [3.8, 4) is 0 Å². The molecule has 1 aliphatic heterocycles. The average Bonchev–Trinajstić information content (AvgIpc) is 3.14. The minimum atomic E-state index is -3.63. The molecule has 8 heteroatoms. The Hall–Kier alpha value is -1.77. The molecule has 25 heavy (non-hydrogen) atoms. The fourth-order valence-electron chi connectivity index (χ4n) is 2.15. The minimum Gasteiger partial charge on any atom is -0.293 e. The Morgan fingerprint density at radius 2 is 1.84 bits per heavy atom. The molecule has 0 atom stereocenters. The first-order valence-corrected chi connectivity index (χ1v) is 11.0. The summed E-state index contributed by atoms with van der Waals surface area (Å²) in [5.41, 5.74) is 0.975. The van der Waals surface area contributed by atoms with Crippen LogP contribution in [0.15, 0.2) is 64.5 Å². The molecule has 0 fully saturated rings. The van der Waals surface area contributed by atoms with Crippen LogP contribution in [0.4, 0.5) is 5.69 Å². The molecule has 0 unspecified atom stereocenters. The van der Waals surface area contributed by atoms with Crippen LogP contribution in [-0.4, -0.2) is 36.6 Å². The number of hydrogen-bond acceptors (Lipinski definition) is 6. The van der Waals surface area contributed by atoms with E-state index in [1.54, 1.807) is 54.2 Å². The number of sulfonamides is 1. The minimum absolute atomic E-state index is 0.00216. The number of carbonyl (C=O) groups excluding carboxylic acids is 1. The standard InChI is InChI=1S/C17H16N2O3S3/c20-16(12-24-17-18-10-11-23-17)13-6-8-14(9-7-13)19-25(21,22)15-4-2-1-3-5-15/h1-9,19H,10-12H2. The SMILES string of the molecule is O=C(CSC1=NCCS1)c1ccc(NS(=O)(=O)c2ccccc2)cc1. The number of thioether (sulfide) groups is 2. The van der Waals surface area contributed by atoms with E-state index < -0.39 is 10.0 Å². The third-order valence-corrected chi connectivity index (χ3v) is 7.05. The Balaban J connectivity index is 1.63.